The summed E-state index contributed by atoms with van der Waals surface area (Å²) < 4.78 is 5.25. The molecule has 25 heavy (non-hydrogen) atoms. The normalized spacial score (nSPS) is 21.0. The average Bonchev–Trinajstić information content (AvgIpc) is 3.05. The minimum atomic E-state index is -0.550. The van der Waals surface area contributed by atoms with E-state index in [0.29, 0.717) is 13.1 Å². The Bertz CT molecular complexity index is 497. The Hall–Kier alpha value is -1.99. The van der Waals surface area contributed by atoms with Crippen LogP contribution in [-0.4, -0.2) is 72.2 Å². The lowest BCUT2D eigenvalue weighted by atomic mass is 10.1. The van der Waals surface area contributed by atoms with Crippen molar-refractivity contribution in [2.45, 2.75) is 58.1 Å². The second-order valence-corrected chi connectivity index (χ2v) is 7.68. The molecule has 2 N–H and O–H groups in total. The average molecular weight is 354 g/mol. The van der Waals surface area contributed by atoms with Crippen molar-refractivity contribution in [3.63, 3.8) is 0 Å². The molecule has 0 saturated carbocycles. The summed E-state index contributed by atoms with van der Waals surface area (Å²) in [5, 5.41) is 5.50. The molecule has 0 radical (unpaired) electrons. The predicted molar refractivity (Wildman–Crippen MR) is 93.2 cm³/mol. The summed E-state index contributed by atoms with van der Waals surface area (Å²) in [6.07, 6.45) is 3.20. The van der Waals surface area contributed by atoms with E-state index in [1.165, 1.54) is 0 Å². The molecular weight excluding hydrogens is 324 g/mol. The van der Waals surface area contributed by atoms with Gasteiger partial charge in [-0.3, -0.25) is 4.79 Å². The van der Waals surface area contributed by atoms with E-state index >= 15 is 0 Å². The molecule has 0 aromatic rings. The molecule has 2 heterocycles. The highest BCUT2D eigenvalue weighted by atomic mass is 16.6. The number of carbonyl (C=O) groups excluding carboxylic acids is 3. The van der Waals surface area contributed by atoms with Gasteiger partial charge in [0.1, 0.15) is 5.60 Å². The molecule has 0 aliphatic carbocycles. The molecular formula is C17H30N4O4. The number of hydrogen-bond acceptors (Lipinski definition) is 4. The van der Waals surface area contributed by atoms with Crippen molar-refractivity contribution in [1.29, 1.82) is 0 Å². The summed E-state index contributed by atoms with van der Waals surface area (Å²) in [6, 6.07) is -0.396. The van der Waals surface area contributed by atoms with Crippen LogP contribution in [0.3, 0.4) is 0 Å². The van der Waals surface area contributed by atoms with E-state index in [0.717, 1.165) is 38.8 Å². The number of nitrogens with one attached hydrogen (secondary N) is 2. The van der Waals surface area contributed by atoms with E-state index in [1.54, 1.807) is 9.80 Å². The van der Waals surface area contributed by atoms with E-state index in [2.05, 4.69) is 10.6 Å². The highest BCUT2D eigenvalue weighted by Crippen LogP contribution is 2.12. The molecule has 8 nitrogen and oxygen atoms in total. The molecule has 2 aliphatic heterocycles. The number of carbonyl (C=O) groups is 3. The van der Waals surface area contributed by atoms with Gasteiger partial charge in [0.2, 0.25) is 5.91 Å². The Balaban J connectivity index is 1.74. The summed E-state index contributed by atoms with van der Waals surface area (Å²) in [6.45, 7) is 8.05. The van der Waals surface area contributed by atoms with Crippen LogP contribution in [0.25, 0.3) is 0 Å². The zero-order valence-corrected chi connectivity index (χ0v) is 15.5. The van der Waals surface area contributed by atoms with Gasteiger partial charge in [0.05, 0.1) is 6.54 Å². The van der Waals surface area contributed by atoms with Gasteiger partial charge in [-0.25, -0.2) is 9.59 Å². The van der Waals surface area contributed by atoms with Gasteiger partial charge in [-0.15, -0.1) is 0 Å². The fraction of sp³-hybridized carbons (Fsp3) is 0.824. The Labute approximate surface area is 149 Å². The second kappa shape index (κ2) is 8.40. The van der Waals surface area contributed by atoms with Crippen LogP contribution in [0.15, 0.2) is 0 Å². The van der Waals surface area contributed by atoms with Crippen molar-refractivity contribution in [2.75, 3.05) is 32.7 Å². The van der Waals surface area contributed by atoms with Gasteiger partial charge in [0, 0.05) is 32.2 Å². The lowest BCUT2D eigenvalue weighted by molar-refractivity contribution is -0.129. The smallest absolute Gasteiger partial charge is 0.407 e. The molecule has 0 spiro atoms. The Kier molecular flexibility index (Phi) is 6.50. The van der Waals surface area contributed by atoms with Crippen molar-refractivity contribution in [3.05, 3.63) is 0 Å². The highest BCUT2D eigenvalue weighted by molar-refractivity contribution is 5.84. The molecule has 0 unspecified atom stereocenters. The number of nitrogens with zero attached hydrogens (tertiary/aromatic N) is 2. The van der Waals surface area contributed by atoms with Gasteiger partial charge in [0.15, 0.2) is 0 Å². The van der Waals surface area contributed by atoms with Crippen molar-refractivity contribution in [2.24, 2.45) is 0 Å². The van der Waals surface area contributed by atoms with Gasteiger partial charge in [0.25, 0.3) is 0 Å². The topological polar surface area (TPSA) is 91.0 Å². The Morgan fingerprint density at radius 3 is 2.32 bits per heavy atom. The van der Waals surface area contributed by atoms with Gasteiger partial charge < -0.3 is 25.2 Å². The first-order valence-electron chi connectivity index (χ1n) is 9.05. The van der Waals surface area contributed by atoms with Crippen molar-refractivity contribution >= 4 is 18.0 Å². The third-order valence-corrected chi connectivity index (χ3v) is 4.28. The van der Waals surface area contributed by atoms with Crippen LogP contribution in [-0.2, 0) is 9.53 Å². The number of amides is 4. The zero-order valence-electron chi connectivity index (χ0n) is 15.5. The van der Waals surface area contributed by atoms with E-state index < -0.39 is 11.7 Å². The monoisotopic (exact) mass is 354 g/mol. The van der Waals surface area contributed by atoms with Crippen LogP contribution in [0.2, 0.25) is 0 Å². The third-order valence-electron chi connectivity index (χ3n) is 4.28. The van der Waals surface area contributed by atoms with Crippen LogP contribution >= 0.6 is 0 Å². The van der Waals surface area contributed by atoms with Crippen LogP contribution in [0, 0.1) is 0 Å². The molecule has 0 bridgehead atoms. The third kappa shape index (κ3) is 6.43. The first-order valence-corrected chi connectivity index (χ1v) is 9.05. The van der Waals surface area contributed by atoms with Crippen LogP contribution in [0.4, 0.5) is 9.59 Å². The van der Waals surface area contributed by atoms with E-state index in [1.807, 2.05) is 20.8 Å². The van der Waals surface area contributed by atoms with Gasteiger partial charge in [-0.05, 0) is 46.5 Å². The molecule has 4 amide bonds. The van der Waals surface area contributed by atoms with Crippen molar-refractivity contribution < 1.29 is 19.1 Å². The number of hydrogen-bond donors (Lipinski definition) is 2. The molecule has 2 aliphatic rings. The minimum absolute atomic E-state index is 0.0273. The lowest BCUT2D eigenvalue weighted by Gasteiger charge is -2.33. The van der Waals surface area contributed by atoms with Crippen LogP contribution in [0.5, 0.6) is 0 Å². The maximum absolute atomic E-state index is 12.3. The first kappa shape index (κ1) is 19.3. The van der Waals surface area contributed by atoms with E-state index in [4.69, 9.17) is 4.74 Å². The number of rotatable bonds is 3. The maximum Gasteiger partial charge on any atom is 0.407 e. The van der Waals surface area contributed by atoms with Crippen molar-refractivity contribution in [1.82, 2.24) is 20.4 Å². The molecule has 142 valence electrons. The number of urea groups is 1. The molecule has 2 fully saturated rings. The quantitative estimate of drug-likeness (QED) is 0.799. The summed E-state index contributed by atoms with van der Waals surface area (Å²) in [4.78, 5) is 39.6. The first-order chi connectivity index (χ1) is 11.7. The summed E-state index contributed by atoms with van der Waals surface area (Å²) in [5.74, 6) is -0.0358. The standard InChI is InChI=1S/C17H30N4O4/c1-17(2,3)25-16(24)19-13-7-6-10-21(12-13)15(23)18-11-14(22)20-8-4-5-9-20/h13H,4-12H2,1-3H3,(H,18,23)(H,19,24)/t13-/m0/s1. The van der Waals surface area contributed by atoms with E-state index in [-0.39, 0.29) is 24.5 Å². The minimum Gasteiger partial charge on any atom is -0.444 e. The van der Waals surface area contributed by atoms with Crippen molar-refractivity contribution in [3.8, 4) is 0 Å². The zero-order chi connectivity index (χ0) is 18.4. The lowest BCUT2D eigenvalue weighted by Crippen LogP contribution is -2.53. The molecule has 8 heteroatoms. The van der Waals surface area contributed by atoms with E-state index in [9.17, 15) is 14.4 Å². The second-order valence-electron chi connectivity index (χ2n) is 7.68. The summed E-state index contributed by atoms with van der Waals surface area (Å²) >= 11 is 0. The van der Waals surface area contributed by atoms with Crippen LogP contribution < -0.4 is 10.6 Å². The van der Waals surface area contributed by atoms with Gasteiger partial charge >= 0.3 is 12.1 Å². The SMILES string of the molecule is CC(C)(C)OC(=O)N[C@H]1CCCN(C(=O)NCC(=O)N2CCCC2)C1. The fourth-order valence-corrected chi connectivity index (χ4v) is 3.10. The number of likely N-dealkylation sites (tertiary alicyclic amines) is 2. The molecule has 0 aromatic heterocycles. The molecule has 2 saturated heterocycles. The molecule has 1 atom stereocenters. The Morgan fingerprint density at radius 2 is 1.68 bits per heavy atom. The Morgan fingerprint density at radius 1 is 1.04 bits per heavy atom. The fourth-order valence-electron chi connectivity index (χ4n) is 3.10. The maximum atomic E-state index is 12.3. The number of alkyl carbamates (subject to hydrolysis) is 1. The summed E-state index contributed by atoms with van der Waals surface area (Å²) in [5.41, 5.74) is -0.550. The summed E-state index contributed by atoms with van der Waals surface area (Å²) in [7, 11) is 0. The van der Waals surface area contributed by atoms with Crippen LogP contribution in [0.1, 0.15) is 46.5 Å². The number of piperidine rings is 1. The van der Waals surface area contributed by atoms with Gasteiger partial charge in [-0.2, -0.15) is 0 Å². The number of ether oxygens (including phenoxy) is 1. The predicted octanol–water partition coefficient (Wildman–Crippen LogP) is 1.31. The highest BCUT2D eigenvalue weighted by Gasteiger charge is 2.27. The molecule has 2 rings (SSSR count). The molecule has 0 aromatic carbocycles. The van der Waals surface area contributed by atoms with Gasteiger partial charge in [-0.1, -0.05) is 0 Å². The largest absolute Gasteiger partial charge is 0.444 e.